The minimum absolute atomic E-state index is 0.0459. The SMILES string of the molecule is N#CCC(=O)N1CC2CC(Nc3nc(N/C(C=N)=C/NCC4CC4)ncc3Cl)CC2C1. The van der Waals surface area contributed by atoms with Crippen molar-refractivity contribution in [3.05, 3.63) is 23.1 Å². The Bertz CT molecular complexity index is 895. The van der Waals surface area contributed by atoms with E-state index in [4.69, 9.17) is 22.3 Å². The number of likely N-dealkylation sites (tertiary alicyclic amines) is 1. The molecule has 164 valence electrons. The minimum atomic E-state index is -0.0716. The molecule has 0 bridgehead atoms. The van der Waals surface area contributed by atoms with Crippen molar-refractivity contribution in [2.75, 3.05) is 30.3 Å². The van der Waals surface area contributed by atoms with Gasteiger partial charge in [0, 0.05) is 38.1 Å². The fraction of sp³-hybridized carbons (Fsp3) is 0.571. The Morgan fingerprint density at radius 3 is 2.74 bits per heavy atom. The van der Waals surface area contributed by atoms with E-state index >= 15 is 0 Å². The van der Waals surface area contributed by atoms with Crippen molar-refractivity contribution in [2.24, 2.45) is 17.8 Å². The van der Waals surface area contributed by atoms with E-state index < -0.39 is 0 Å². The third kappa shape index (κ3) is 5.44. The Kier molecular flexibility index (Phi) is 6.56. The Balaban J connectivity index is 1.33. The zero-order chi connectivity index (χ0) is 21.8. The number of nitrogens with zero attached hydrogens (tertiary/aromatic N) is 4. The first-order chi connectivity index (χ1) is 15.1. The predicted molar refractivity (Wildman–Crippen MR) is 119 cm³/mol. The number of nitrogens with one attached hydrogen (secondary N) is 4. The van der Waals surface area contributed by atoms with Crippen molar-refractivity contribution >= 4 is 35.5 Å². The number of carbonyl (C=O) groups is 1. The second-order valence-electron chi connectivity index (χ2n) is 8.58. The molecule has 31 heavy (non-hydrogen) atoms. The molecule has 0 aromatic carbocycles. The molecule has 2 atom stereocenters. The molecule has 1 aliphatic heterocycles. The van der Waals surface area contributed by atoms with Crippen LogP contribution in [0.3, 0.4) is 0 Å². The van der Waals surface area contributed by atoms with Gasteiger partial charge in [-0.3, -0.25) is 4.79 Å². The molecule has 2 unspecified atom stereocenters. The van der Waals surface area contributed by atoms with Crippen LogP contribution in [-0.4, -0.2) is 52.7 Å². The van der Waals surface area contributed by atoms with E-state index in [1.54, 1.807) is 12.4 Å². The lowest BCUT2D eigenvalue weighted by atomic mass is 10.0. The molecule has 1 aromatic rings. The molecule has 1 aromatic heterocycles. The molecule has 4 N–H and O–H groups in total. The summed E-state index contributed by atoms with van der Waals surface area (Å²) in [5.74, 6) is 2.48. The highest BCUT2D eigenvalue weighted by Gasteiger charge is 2.42. The van der Waals surface area contributed by atoms with E-state index in [9.17, 15) is 4.79 Å². The first kappa shape index (κ1) is 21.4. The summed E-state index contributed by atoms with van der Waals surface area (Å²) < 4.78 is 0. The molecule has 3 aliphatic rings. The number of anilines is 2. The summed E-state index contributed by atoms with van der Waals surface area (Å²) in [5, 5.41) is 26.5. The number of nitriles is 1. The van der Waals surface area contributed by atoms with Crippen molar-refractivity contribution in [1.82, 2.24) is 20.2 Å². The molecule has 2 saturated carbocycles. The van der Waals surface area contributed by atoms with Gasteiger partial charge in [-0.05, 0) is 43.4 Å². The number of hydrogen-bond donors (Lipinski definition) is 4. The van der Waals surface area contributed by atoms with Gasteiger partial charge in [-0.2, -0.15) is 10.2 Å². The fourth-order valence-corrected chi connectivity index (χ4v) is 4.57. The number of halogens is 1. The summed E-state index contributed by atoms with van der Waals surface area (Å²) >= 11 is 6.32. The smallest absolute Gasteiger partial charge is 0.236 e. The van der Waals surface area contributed by atoms with Crippen LogP contribution in [0, 0.1) is 34.5 Å². The monoisotopic (exact) mass is 442 g/mol. The van der Waals surface area contributed by atoms with Gasteiger partial charge < -0.3 is 26.3 Å². The van der Waals surface area contributed by atoms with Crippen LogP contribution in [0.15, 0.2) is 18.1 Å². The van der Waals surface area contributed by atoms with Crippen molar-refractivity contribution in [3.8, 4) is 6.07 Å². The molecule has 2 aliphatic carbocycles. The molecule has 10 heteroatoms. The van der Waals surface area contributed by atoms with E-state index in [1.165, 1.54) is 19.1 Å². The van der Waals surface area contributed by atoms with Gasteiger partial charge in [-0.15, -0.1) is 0 Å². The summed E-state index contributed by atoms with van der Waals surface area (Å²) in [5.41, 5.74) is 0.575. The largest absolute Gasteiger partial charge is 0.389 e. The van der Waals surface area contributed by atoms with Crippen molar-refractivity contribution in [3.63, 3.8) is 0 Å². The minimum Gasteiger partial charge on any atom is -0.389 e. The Morgan fingerprint density at radius 2 is 2.10 bits per heavy atom. The second-order valence-corrected chi connectivity index (χ2v) is 8.98. The van der Waals surface area contributed by atoms with Gasteiger partial charge in [0.15, 0.2) is 5.82 Å². The molecular weight excluding hydrogens is 416 g/mol. The standard InChI is InChI=1S/C21H27ClN8O/c22-18-10-26-21(28-17(7-24)9-25-8-13-1-2-13)29-20(18)27-16-5-14-11-30(12-15(14)6-16)19(31)3-4-23/h7,9-10,13-16,24-25H,1-3,5-6,8,11-12H2,(H2,26,27,28,29)/b17-9+,24-7?. The molecule has 2 heterocycles. The lowest BCUT2D eigenvalue weighted by Crippen LogP contribution is -2.30. The number of carbonyl (C=O) groups excluding carboxylic acids is 1. The summed E-state index contributed by atoms with van der Waals surface area (Å²) in [7, 11) is 0. The van der Waals surface area contributed by atoms with Gasteiger partial charge in [-0.25, -0.2) is 4.98 Å². The van der Waals surface area contributed by atoms with Crippen LogP contribution < -0.4 is 16.0 Å². The van der Waals surface area contributed by atoms with Gasteiger partial charge in [0.25, 0.3) is 0 Å². The van der Waals surface area contributed by atoms with Crippen molar-refractivity contribution < 1.29 is 4.79 Å². The second kappa shape index (κ2) is 9.52. The highest BCUT2D eigenvalue weighted by molar-refractivity contribution is 6.32. The Hall–Kier alpha value is -2.86. The number of amides is 1. The van der Waals surface area contributed by atoms with Gasteiger partial charge in [0.1, 0.15) is 11.4 Å². The van der Waals surface area contributed by atoms with E-state index in [-0.39, 0.29) is 18.4 Å². The molecular formula is C21H27ClN8O. The maximum Gasteiger partial charge on any atom is 0.236 e. The van der Waals surface area contributed by atoms with Gasteiger partial charge in [-0.1, -0.05) is 11.6 Å². The average molecular weight is 443 g/mol. The molecule has 4 rings (SSSR count). The number of fused-ring (bicyclic) bond motifs is 1. The highest BCUT2D eigenvalue weighted by atomic mass is 35.5. The van der Waals surface area contributed by atoms with Crippen LogP contribution in [0.5, 0.6) is 0 Å². The van der Waals surface area contributed by atoms with Gasteiger partial charge in [0.05, 0.1) is 18.0 Å². The molecule has 0 radical (unpaired) electrons. The zero-order valence-electron chi connectivity index (χ0n) is 17.3. The maximum absolute atomic E-state index is 12.0. The Labute approximate surface area is 186 Å². The third-order valence-electron chi connectivity index (χ3n) is 6.19. The normalized spacial score (nSPS) is 25.0. The molecule has 1 amide bonds. The molecule has 9 nitrogen and oxygen atoms in total. The summed E-state index contributed by atoms with van der Waals surface area (Å²) in [6, 6.07) is 2.16. The highest BCUT2D eigenvalue weighted by Crippen LogP contribution is 2.40. The van der Waals surface area contributed by atoms with Gasteiger partial charge in [0.2, 0.25) is 11.9 Å². The van der Waals surface area contributed by atoms with Crippen molar-refractivity contribution in [2.45, 2.75) is 38.1 Å². The summed E-state index contributed by atoms with van der Waals surface area (Å²) in [6.45, 7) is 2.35. The summed E-state index contributed by atoms with van der Waals surface area (Å²) in [6.07, 6.45) is 8.89. The van der Waals surface area contributed by atoms with Crippen LogP contribution in [0.2, 0.25) is 5.02 Å². The topological polar surface area (TPSA) is 130 Å². The third-order valence-corrected chi connectivity index (χ3v) is 6.47. The molecule has 3 fully saturated rings. The van der Waals surface area contributed by atoms with E-state index in [1.807, 2.05) is 11.0 Å². The van der Waals surface area contributed by atoms with Crippen LogP contribution in [0.25, 0.3) is 0 Å². The summed E-state index contributed by atoms with van der Waals surface area (Å²) in [4.78, 5) is 22.5. The molecule has 0 spiro atoms. The quantitative estimate of drug-likeness (QED) is 0.432. The van der Waals surface area contributed by atoms with Gasteiger partial charge >= 0.3 is 0 Å². The number of hydrogen-bond acceptors (Lipinski definition) is 8. The van der Waals surface area contributed by atoms with Crippen LogP contribution in [0.4, 0.5) is 11.8 Å². The van der Waals surface area contributed by atoms with E-state index in [0.717, 1.165) is 38.4 Å². The van der Waals surface area contributed by atoms with Crippen molar-refractivity contribution in [1.29, 1.82) is 10.7 Å². The Morgan fingerprint density at radius 1 is 1.35 bits per heavy atom. The lowest BCUT2D eigenvalue weighted by Gasteiger charge is -2.20. The van der Waals surface area contributed by atoms with Crippen LogP contribution in [-0.2, 0) is 4.79 Å². The number of allylic oxidation sites excluding steroid dienone is 1. The van der Waals surface area contributed by atoms with E-state index in [0.29, 0.717) is 34.3 Å². The first-order valence-corrected chi connectivity index (χ1v) is 11.1. The average Bonchev–Trinajstić information content (AvgIpc) is 3.37. The first-order valence-electron chi connectivity index (χ1n) is 10.7. The maximum atomic E-state index is 12.0. The van der Waals surface area contributed by atoms with Crippen LogP contribution in [0.1, 0.15) is 32.1 Å². The zero-order valence-corrected chi connectivity index (χ0v) is 18.0. The fourth-order valence-electron chi connectivity index (χ4n) is 4.42. The molecule has 1 saturated heterocycles. The number of aromatic nitrogens is 2. The van der Waals surface area contributed by atoms with Crippen LogP contribution >= 0.6 is 11.6 Å². The lowest BCUT2D eigenvalue weighted by molar-refractivity contribution is -0.129. The van der Waals surface area contributed by atoms with E-state index in [2.05, 4.69) is 25.9 Å². The number of rotatable bonds is 9. The predicted octanol–water partition coefficient (Wildman–Crippen LogP) is 2.60.